The first-order valence-corrected chi connectivity index (χ1v) is 6.08. The quantitative estimate of drug-likeness (QED) is 0.859. The topological polar surface area (TPSA) is 66.3 Å². The molecule has 0 radical (unpaired) electrons. The molecule has 1 N–H and O–H groups in total. The highest BCUT2D eigenvalue weighted by atomic mass is 19.1. The van der Waals surface area contributed by atoms with E-state index in [2.05, 4.69) is 9.97 Å². The predicted molar refractivity (Wildman–Crippen MR) is 61.8 cm³/mol. The normalized spacial score (nSPS) is 29.9. The van der Waals surface area contributed by atoms with Crippen molar-refractivity contribution in [2.75, 3.05) is 4.90 Å². The minimum Gasteiger partial charge on any atom is -0.481 e. The van der Waals surface area contributed by atoms with Gasteiger partial charge in [0.15, 0.2) is 11.6 Å². The summed E-state index contributed by atoms with van der Waals surface area (Å²) >= 11 is 0. The van der Waals surface area contributed by atoms with Gasteiger partial charge in [0.05, 0.1) is 11.6 Å². The lowest BCUT2D eigenvalue weighted by atomic mass is 9.89. The number of aromatic nitrogens is 2. The Morgan fingerprint density at radius 1 is 1.50 bits per heavy atom. The van der Waals surface area contributed by atoms with Crippen molar-refractivity contribution in [3.63, 3.8) is 0 Å². The second-order valence-corrected chi connectivity index (χ2v) is 4.98. The lowest BCUT2D eigenvalue weighted by Crippen LogP contribution is -2.34. The van der Waals surface area contributed by atoms with Crippen molar-refractivity contribution in [1.29, 1.82) is 0 Å². The molecule has 0 saturated carbocycles. The maximum Gasteiger partial charge on any atom is 0.308 e. The molecule has 3 atom stereocenters. The number of halogens is 1. The predicted octanol–water partition coefficient (Wildman–Crippen LogP) is 1.37. The molecule has 0 amide bonds. The van der Waals surface area contributed by atoms with Crippen LogP contribution in [0, 0.1) is 18.7 Å². The van der Waals surface area contributed by atoms with Crippen LogP contribution in [0.5, 0.6) is 0 Å². The van der Waals surface area contributed by atoms with E-state index < -0.39 is 17.7 Å². The van der Waals surface area contributed by atoms with Crippen molar-refractivity contribution in [1.82, 2.24) is 9.97 Å². The average Bonchev–Trinajstić information content (AvgIpc) is 2.90. The van der Waals surface area contributed by atoms with Gasteiger partial charge in [0.25, 0.3) is 0 Å². The van der Waals surface area contributed by atoms with Crippen molar-refractivity contribution in [2.24, 2.45) is 5.92 Å². The maximum absolute atomic E-state index is 14.0. The van der Waals surface area contributed by atoms with Crippen LogP contribution in [0.15, 0.2) is 6.33 Å². The monoisotopic (exact) mass is 251 g/mol. The van der Waals surface area contributed by atoms with Gasteiger partial charge in [-0.05, 0) is 26.2 Å². The Bertz CT molecular complexity index is 508. The highest BCUT2D eigenvalue weighted by molar-refractivity contribution is 5.73. The van der Waals surface area contributed by atoms with Crippen molar-refractivity contribution in [3.05, 3.63) is 17.8 Å². The first-order chi connectivity index (χ1) is 8.59. The zero-order valence-corrected chi connectivity index (χ0v) is 10.0. The van der Waals surface area contributed by atoms with Crippen LogP contribution in [0.25, 0.3) is 0 Å². The van der Waals surface area contributed by atoms with E-state index in [1.54, 1.807) is 6.92 Å². The molecule has 2 saturated heterocycles. The fourth-order valence-electron chi connectivity index (χ4n) is 3.21. The molecule has 0 aromatic carbocycles. The molecule has 5 nitrogen and oxygen atoms in total. The molecule has 0 spiro atoms. The molecule has 96 valence electrons. The van der Waals surface area contributed by atoms with Gasteiger partial charge in [-0.3, -0.25) is 4.79 Å². The summed E-state index contributed by atoms with van der Waals surface area (Å²) in [4.78, 5) is 20.8. The average molecular weight is 251 g/mol. The minimum atomic E-state index is -0.793. The first-order valence-electron chi connectivity index (χ1n) is 6.08. The summed E-state index contributed by atoms with van der Waals surface area (Å²) in [6.07, 6.45) is 3.63. The van der Waals surface area contributed by atoms with Gasteiger partial charge >= 0.3 is 5.97 Å². The van der Waals surface area contributed by atoms with Gasteiger partial charge in [0.2, 0.25) is 0 Å². The second-order valence-electron chi connectivity index (χ2n) is 4.98. The number of carboxylic acid groups (broad SMARTS) is 1. The summed E-state index contributed by atoms with van der Waals surface area (Å²) in [5, 5.41) is 9.17. The molecular weight excluding hydrogens is 237 g/mol. The van der Waals surface area contributed by atoms with Gasteiger partial charge in [-0.2, -0.15) is 0 Å². The van der Waals surface area contributed by atoms with E-state index in [9.17, 15) is 14.3 Å². The summed E-state index contributed by atoms with van der Waals surface area (Å²) < 4.78 is 14.0. The third-order valence-corrected chi connectivity index (χ3v) is 4.04. The number of fused-ring (bicyclic) bond motifs is 2. The molecule has 1 aromatic heterocycles. The lowest BCUT2D eigenvalue weighted by Gasteiger charge is -2.24. The van der Waals surface area contributed by atoms with Crippen molar-refractivity contribution in [2.45, 2.75) is 38.3 Å². The second kappa shape index (κ2) is 3.90. The summed E-state index contributed by atoms with van der Waals surface area (Å²) in [6.45, 7) is 1.59. The van der Waals surface area contributed by atoms with Crippen LogP contribution in [0.4, 0.5) is 10.2 Å². The Balaban J connectivity index is 1.99. The number of hydrogen-bond acceptors (Lipinski definition) is 4. The largest absolute Gasteiger partial charge is 0.481 e. The van der Waals surface area contributed by atoms with E-state index in [-0.39, 0.29) is 17.9 Å². The smallest absolute Gasteiger partial charge is 0.308 e. The summed E-state index contributed by atoms with van der Waals surface area (Å²) in [5.74, 6) is -1.36. The zero-order valence-electron chi connectivity index (χ0n) is 10.0. The van der Waals surface area contributed by atoms with E-state index >= 15 is 0 Å². The van der Waals surface area contributed by atoms with Gasteiger partial charge in [-0.15, -0.1) is 0 Å². The Labute approximate surface area is 104 Å². The fraction of sp³-hybridized carbons (Fsp3) is 0.583. The first kappa shape index (κ1) is 11.4. The van der Waals surface area contributed by atoms with Gasteiger partial charge in [-0.1, -0.05) is 0 Å². The van der Waals surface area contributed by atoms with Crippen LogP contribution in [0.1, 0.15) is 25.0 Å². The van der Waals surface area contributed by atoms with Crippen LogP contribution in [0.3, 0.4) is 0 Å². The molecule has 1 aromatic rings. The third kappa shape index (κ3) is 1.48. The highest BCUT2D eigenvalue weighted by Gasteiger charge is 2.50. The van der Waals surface area contributed by atoms with Crippen molar-refractivity contribution < 1.29 is 14.3 Å². The Hall–Kier alpha value is -1.72. The number of nitrogens with zero attached hydrogens (tertiary/aromatic N) is 3. The van der Waals surface area contributed by atoms with Gasteiger partial charge < -0.3 is 10.0 Å². The summed E-state index contributed by atoms with van der Waals surface area (Å²) in [7, 11) is 0. The Morgan fingerprint density at radius 2 is 2.28 bits per heavy atom. The molecule has 3 heterocycles. The third-order valence-electron chi connectivity index (χ3n) is 4.04. The molecular formula is C12H14FN3O2. The number of carbonyl (C=O) groups is 1. The van der Waals surface area contributed by atoms with Crippen LogP contribution < -0.4 is 4.90 Å². The number of aliphatic carboxylic acids is 1. The van der Waals surface area contributed by atoms with Crippen LogP contribution >= 0.6 is 0 Å². The number of rotatable bonds is 2. The molecule has 18 heavy (non-hydrogen) atoms. The van der Waals surface area contributed by atoms with Crippen LogP contribution in [0.2, 0.25) is 0 Å². The van der Waals surface area contributed by atoms with Crippen molar-refractivity contribution in [3.8, 4) is 0 Å². The van der Waals surface area contributed by atoms with E-state index in [1.165, 1.54) is 6.33 Å². The maximum atomic E-state index is 14.0. The molecule has 6 heteroatoms. The number of carboxylic acids is 1. The molecule has 3 unspecified atom stereocenters. The molecule has 2 fully saturated rings. The number of aryl methyl sites for hydroxylation is 1. The fourth-order valence-corrected chi connectivity index (χ4v) is 3.21. The van der Waals surface area contributed by atoms with E-state index in [0.717, 1.165) is 12.8 Å². The van der Waals surface area contributed by atoms with E-state index in [1.807, 2.05) is 4.90 Å². The van der Waals surface area contributed by atoms with Crippen LogP contribution in [-0.2, 0) is 4.79 Å². The molecule has 3 rings (SSSR count). The van der Waals surface area contributed by atoms with Gasteiger partial charge in [0, 0.05) is 12.1 Å². The van der Waals surface area contributed by atoms with Gasteiger partial charge in [-0.25, -0.2) is 14.4 Å². The summed E-state index contributed by atoms with van der Waals surface area (Å²) in [6, 6.07) is -0.0313. The van der Waals surface area contributed by atoms with E-state index in [4.69, 9.17) is 0 Å². The van der Waals surface area contributed by atoms with Gasteiger partial charge in [0.1, 0.15) is 6.33 Å². The van der Waals surface area contributed by atoms with E-state index in [0.29, 0.717) is 12.1 Å². The lowest BCUT2D eigenvalue weighted by molar-refractivity contribution is -0.142. The standard InChI is InChI=1S/C12H14FN3O2/c1-6-10(13)11(15-5-14-6)16-7-2-3-9(16)8(4-7)12(17)18/h5,7-9H,2-4H2,1H3,(H,17,18). The SMILES string of the molecule is Cc1ncnc(N2C3CCC2C(C(=O)O)C3)c1F. The van der Waals surface area contributed by atoms with Crippen molar-refractivity contribution >= 4 is 11.8 Å². The van der Waals surface area contributed by atoms with Crippen LogP contribution in [-0.4, -0.2) is 33.1 Å². The minimum absolute atomic E-state index is 0.0971. The molecule has 2 bridgehead atoms. The molecule has 0 aliphatic carbocycles. The Morgan fingerprint density at radius 3 is 2.94 bits per heavy atom. The Kier molecular flexibility index (Phi) is 2.46. The molecule has 2 aliphatic heterocycles. The summed E-state index contributed by atoms with van der Waals surface area (Å²) in [5.41, 5.74) is 0.304. The highest BCUT2D eigenvalue weighted by Crippen LogP contribution is 2.44. The number of hydrogen-bond donors (Lipinski definition) is 1. The number of anilines is 1. The molecule has 2 aliphatic rings. The zero-order chi connectivity index (χ0) is 12.9.